The number of aromatic amines is 1. The fourth-order valence-electron chi connectivity index (χ4n) is 2.10. The summed E-state index contributed by atoms with van der Waals surface area (Å²) in [5, 5.41) is 0. The minimum absolute atomic E-state index is 0.261. The highest BCUT2D eigenvalue weighted by molar-refractivity contribution is 5.55. The minimum Gasteiger partial charge on any atom is -0.463 e. The summed E-state index contributed by atoms with van der Waals surface area (Å²) in [6, 6.07) is 13.4. The van der Waals surface area contributed by atoms with Crippen molar-refractivity contribution in [1.29, 1.82) is 0 Å². The number of rotatable bonds is 3. The van der Waals surface area contributed by atoms with Crippen molar-refractivity contribution >= 4 is 0 Å². The Labute approximate surface area is 111 Å². The maximum Gasteiger partial charge on any atom is 0.154 e. The van der Waals surface area contributed by atoms with E-state index in [-0.39, 0.29) is 6.04 Å². The Morgan fingerprint density at radius 2 is 1.95 bits per heavy atom. The highest BCUT2D eigenvalue weighted by atomic mass is 16.3. The molecule has 0 bridgehead atoms. The second kappa shape index (κ2) is 4.74. The van der Waals surface area contributed by atoms with E-state index in [0.29, 0.717) is 0 Å². The lowest BCUT2D eigenvalue weighted by molar-refractivity contribution is 0.579. The van der Waals surface area contributed by atoms with Crippen molar-refractivity contribution < 1.29 is 4.42 Å². The average Bonchev–Trinajstić information content (AvgIpc) is 3.08. The molecule has 1 atom stereocenters. The topological polar surface area (TPSA) is 67.8 Å². The molecule has 19 heavy (non-hydrogen) atoms. The Bertz CT molecular complexity index is 656. The highest BCUT2D eigenvalue weighted by Gasteiger charge is 2.17. The van der Waals surface area contributed by atoms with E-state index >= 15 is 0 Å². The van der Waals surface area contributed by atoms with Gasteiger partial charge in [0, 0.05) is 5.69 Å². The van der Waals surface area contributed by atoms with Gasteiger partial charge in [-0.25, -0.2) is 4.98 Å². The van der Waals surface area contributed by atoms with Gasteiger partial charge in [-0.15, -0.1) is 0 Å². The summed E-state index contributed by atoms with van der Waals surface area (Å²) in [5.41, 5.74) is 9.02. The molecule has 0 amide bonds. The quantitative estimate of drug-likeness (QED) is 0.754. The smallest absolute Gasteiger partial charge is 0.154 e. The van der Waals surface area contributed by atoms with Gasteiger partial charge in [-0.2, -0.15) is 0 Å². The zero-order valence-electron chi connectivity index (χ0n) is 10.6. The maximum absolute atomic E-state index is 6.23. The van der Waals surface area contributed by atoms with E-state index in [1.807, 2.05) is 49.4 Å². The Balaban J connectivity index is 1.97. The van der Waals surface area contributed by atoms with E-state index in [1.54, 1.807) is 6.26 Å². The summed E-state index contributed by atoms with van der Waals surface area (Å²) < 4.78 is 5.38. The van der Waals surface area contributed by atoms with Crippen molar-refractivity contribution in [3.8, 4) is 11.5 Å². The van der Waals surface area contributed by atoms with Crippen molar-refractivity contribution in [2.75, 3.05) is 0 Å². The number of furan rings is 1. The lowest BCUT2D eigenvalue weighted by atomic mass is 10.1. The van der Waals surface area contributed by atoms with Crippen molar-refractivity contribution in [2.24, 2.45) is 5.73 Å². The van der Waals surface area contributed by atoms with Gasteiger partial charge in [-0.1, -0.05) is 30.3 Å². The van der Waals surface area contributed by atoms with Crippen molar-refractivity contribution in [2.45, 2.75) is 13.0 Å². The van der Waals surface area contributed by atoms with Gasteiger partial charge in [0.1, 0.15) is 11.5 Å². The van der Waals surface area contributed by atoms with Gasteiger partial charge in [0.15, 0.2) is 5.76 Å². The number of nitrogens with zero attached hydrogens (tertiary/aromatic N) is 1. The van der Waals surface area contributed by atoms with Gasteiger partial charge >= 0.3 is 0 Å². The third-order valence-corrected chi connectivity index (χ3v) is 3.11. The maximum atomic E-state index is 6.23. The lowest BCUT2D eigenvalue weighted by Gasteiger charge is -2.08. The molecule has 0 fully saturated rings. The molecular weight excluding hydrogens is 238 g/mol. The summed E-state index contributed by atoms with van der Waals surface area (Å²) >= 11 is 0. The number of imidazole rings is 1. The Morgan fingerprint density at radius 3 is 2.63 bits per heavy atom. The van der Waals surface area contributed by atoms with Crippen LogP contribution in [0, 0.1) is 6.92 Å². The normalized spacial score (nSPS) is 12.5. The predicted molar refractivity (Wildman–Crippen MR) is 73.5 cm³/mol. The van der Waals surface area contributed by atoms with Crippen LogP contribution in [0.15, 0.2) is 53.1 Å². The minimum atomic E-state index is -0.261. The highest BCUT2D eigenvalue weighted by Crippen LogP contribution is 2.25. The SMILES string of the molecule is Cc1[nH]c(C(N)c2ccccc2)nc1-c1ccco1. The van der Waals surface area contributed by atoms with E-state index in [0.717, 1.165) is 28.5 Å². The van der Waals surface area contributed by atoms with E-state index in [2.05, 4.69) is 9.97 Å². The van der Waals surface area contributed by atoms with Crippen LogP contribution < -0.4 is 5.73 Å². The lowest BCUT2D eigenvalue weighted by Crippen LogP contribution is -2.13. The Hall–Kier alpha value is -2.33. The van der Waals surface area contributed by atoms with Gasteiger partial charge in [0.2, 0.25) is 0 Å². The molecule has 3 aromatic rings. The first-order valence-electron chi connectivity index (χ1n) is 6.16. The molecule has 0 aliphatic rings. The monoisotopic (exact) mass is 253 g/mol. The molecule has 4 nitrogen and oxygen atoms in total. The number of nitrogens with two attached hydrogens (primary N) is 1. The van der Waals surface area contributed by atoms with Crippen LogP contribution in [0.3, 0.4) is 0 Å². The molecule has 0 saturated carbocycles. The molecule has 0 aliphatic carbocycles. The van der Waals surface area contributed by atoms with Gasteiger partial charge in [-0.3, -0.25) is 0 Å². The summed E-state index contributed by atoms with van der Waals surface area (Å²) in [7, 11) is 0. The first-order valence-corrected chi connectivity index (χ1v) is 6.16. The van der Waals surface area contributed by atoms with Crippen molar-refractivity contribution in [3.05, 3.63) is 65.8 Å². The molecule has 0 radical (unpaired) electrons. The van der Waals surface area contributed by atoms with Crippen molar-refractivity contribution in [1.82, 2.24) is 9.97 Å². The van der Waals surface area contributed by atoms with Crippen molar-refractivity contribution in [3.63, 3.8) is 0 Å². The molecule has 1 unspecified atom stereocenters. The van der Waals surface area contributed by atoms with Crippen LogP contribution in [-0.4, -0.2) is 9.97 Å². The summed E-state index contributed by atoms with van der Waals surface area (Å²) in [5.74, 6) is 1.50. The molecule has 1 aromatic carbocycles. The van der Waals surface area contributed by atoms with Crippen LogP contribution in [0.25, 0.3) is 11.5 Å². The first-order chi connectivity index (χ1) is 9.25. The fraction of sp³-hybridized carbons (Fsp3) is 0.133. The number of benzene rings is 1. The largest absolute Gasteiger partial charge is 0.463 e. The molecule has 96 valence electrons. The molecule has 2 heterocycles. The van der Waals surface area contributed by atoms with Crippen LogP contribution in [-0.2, 0) is 0 Å². The standard InChI is InChI=1S/C15H15N3O/c1-10-14(12-8-5-9-19-12)18-15(17-10)13(16)11-6-3-2-4-7-11/h2-9,13H,16H2,1H3,(H,17,18). The number of aromatic nitrogens is 2. The van der Waals surface area contributed by atoms with Gasteiger partial charge in [0.05, 0.1) is 12.3 Å². The third-order valence-electron chi connectivity index (χ3n) is 3.11. The summed E-state index contributed by atoms with van der Waals surface area (Å²) in [4.78, 5) is 7.79. The molecular formula is C15H15N3O. The van der Waals surface area contributed by atoms with Crippen LogP contribution in [0.2, 0.25) is 0 Å². The molecule has 0 saturated heterocycles. The molecule has 3 N–H and O–H groups in total. The van der Waals surface area contributed by atoms with Gasteiger partial charge in [0.25, 0.3) is 0 Å². The number of nitrogens with one attached hydrogen (secondary N) is 1. The number of H-pyrrole nitrogens is 1. The first kappa shape index (κ1) is 11.7. The Kier molecular flexibility index (Phi) is 2.93. The molecule has 4 heteroatoms. The van der Waals surface area contributed by atoms with E-state index in [4.69, 9.17) is 10.2 Å². The van der Waals surface area contributed by atoms with E-state index < -0.39 is 0 Å². The fourth-order valence-corrected chi connectivity index (χ4v) is 2.10. The number of aryl methyl sites for hydroxylation is 1. The van der Waals surface area contributed by atoms with Crippen LogP contribution in [0.4, 0.5) is 0 Å². The third kappa shape index (κ3) is 2.18. The van der Waals surface area contributed by atoms with E-state index in [1.165, 1.54) is 0 Å². The Morgan fingerprint density at radius 1 is 1.16 bits per heavy atom. The summed E-state index contributed by atoms with van der Waals surface area (Å²) in [6.07, 6.45) is 1.64. The zero-order valence-corrected chi connectivity index (χ0v) is 10.6. The molecule has 0 spiro atoms. The molecule has 2 aromatic heterocycles. The van der Waals surface area contributed by atoms with Crippen LogP contribution >= 0.6 is 0 Å². The van der Waals surface area contributed by atoms with Crippen LogP contribution in [0.5, 0.6) is 0 Å². The van der Waals surface area contributed by atoms with Crippen LogP contribution in [0.1, 0.15) is 23.1 Å². The van der Waals surface area contributed by atoms with Gasteiger partial charge < -0.3 is 15.1 Å². The number of hydrogen-bond donors (Lipinski definition) is 2. The molecule has 0 aliphatic heterocycles. The average molecular weight is 253 g/mol. The second-order valence-electron chi connectivity index (χ2n) is 4.46. The predicted octanol–water partition coefficient (Wildman–Crippen LogP) is 3.03. The summed E-state index contributed by atoms with van der Waals surface area (Å²) in [6.45, 7) is 1.96. The zero-order chi connectivity index (χ0) is 13.2. The second-order valence-corrected chi connectivity index (χ2v) is 4.46. The van der Waals surface area contributed by atoms with Gasteiger partial charge in [-0.05, 0) is 24.6 Å². The number of hydrogen-bond acceptors (Lipinski definition) is 3. The van der Waals surface area contributed by atoms with E-state index in [9.17, 15) is 0 Å². The molecule has 3 rings (SSSR count).